The van der Waals surface area contributed by atoms with Crippen LogP contribution in [0.4, 0.5) is 5.69 Å². The maximum Gasteiger partial charge on any atom is 0.238 e. The lowest BCUT2D eigenvalue weighted by Gasteiger charge is -2.23. The normalized spacial score (nSPS) is 15.9. The fourth-order valence-corrected chi connectivity index (χ4v) is 3.77. The van der Waals surface area contributed by atoms with E-state index in [1.165, 1.54) is 11.8 Å². The van der Waals surface area contributed by atoms with Crippen molar-refractivity contribution in [2.75, 3.05) is 12.4 Å². The minimum atomic E-state index is -0.421. The van der Waals surface area contributed by atoms with Gasteiger partial charge < -0.3 is 15.4 Å². The van der Waals surface area contributed by atoms with Crippen molar-refractivity contribution in [1.29, 1.82) is 0 Å². The van der Waals surface area contributed by atoms with E-state index in [1.807, 2.05) is 49.4 Å². The number of fused-ring (bicyclic) bond motifs is 1. The van der Waals surface area contributed by atoms with Crippen molar-refractivity contribution in [3.05, 3.63) is 53.6 Å². The molecule has 25 heavy (non-hydrogen) atoms. The van der Waals surface area contributed by atoms with Crippen LogP contribution in [0, 0.1) is 6.92 Å². The molecule has 0 radical (unpaired) electrons. The molecule has 0 saturated carbocycles. The van der Waals surface area contributed by atoms with Crippen molar-refractivity contribution in [2.24, 2.45) is 0 Å². The summed E-state index contributed by atoms with van der Waals surface area (Å²) in [6, 6.07) is 13.5. The molecule has 0 fully saturated rings. The molecule has 0 saturated heterocycles. The molecule has 0 bridgehead atoms. The van der Waals surface area contributed by atoms with Crippen molar-refractivity contribution < 1.29 is 14.3 Å². The lowest BCUT2D eigenvalue weighted by molar-refractivity contribution is -0.124. The quantitative estimate of drug-likeness (QED) is 0.864. The van der Waals surface area contributed by atoms with Gasteiger partial charge in [0.25, 0.3) is 0 Å². The summed E-state index contributed by atoms with van der Waals surface area (Å²) in [5, 5.41) is 5.31. The van der Waals surface area contributed by atoms with Gasteiger partial charge in [0, 0.05) is 23.4 Å². The molecule has 5 nitrogen and oxygen atoms in total. The molecule has 1 aliphatic rings. The number of carbonyl (C=O) groups is 2. The van der Waals surface area contributed by atoms with Gasteiger partial charge in [-0.25, -0.2) is 0 Å². The van der Waals surface area contributed by atoms with Gasteiger partial charge >= 0.3 is 0 Å². The van der Waals surface area contributed by atoms with Crippen LogP contribution in [0.5, 0.6) is 5.75 Å². The Morgan fingerprint density at radius 2 is 2.08 bits per heavy atom. The zero-order chi connectivity index (χ0) is 17.8. The van der Waals surface area contributed by atoms with Gasteiger partial charge in [-0.3, -0.25) is 9.59 Å². The van der Waals surface area contributed by atoms with Gasteiger partial charge in [0.15, 0.2) is 0 Å². The Hall–Kier alpha value is -2.47. The molecule has 0 aliphatic carbocycles. The second-order valence-electron chi connectivity index (χ2n) is 5.89. The average Bonchev–Trinajstić information content (AvgIpc) is 2.61. The van der Waals surface area contributed by atoms with Gasteiger partial charge in [-0.05, 0) is 30.7 Å². The Labute approximate surface area is 151 Å². The van der Waals surface area contributed by atoms with Crippen molar-refractivity contribution >= 4 is 29.3 Å². The van der Waals surface area contributed by atoms with Crippen LogP contribution in [-0.2, 0) is 16.1 Å². The van der Waals surface area contributed by atoms with Gasteiger partial charge in [-0.15, -0.1) is 11.8 Å². The smallest absolute Gasteiger partial charge is 0.238 e. The standard InChI is InChI=1S/C19H20N2O3S/c1-12-7-8-13(15(9-12)24-2)11-20-18(22)10-17-19(23)21-14-5-3-4-6-16(14)25-17/h3-9,17H,10-11H2,1-2H3,(H,20,22)(H,21,23). The molecule has 0 aromatic heterocycles. The van der Waals surface area contributed by atoms with Crippen LogP contribution in [0.1, 0.15) is 17.5 Å². The molecule has 1 aliphatic heterocycles. The number of amides is 2. The fraction of sp³-hybridized carbons (Fsp3) is 0.263. The predicted molar refractivity (Wildman–Crippen MR) is 98.9 cm³/mol. The molecule has 0 spiro atoms. The van der Waals surface area contributed by atoms with Gasteiger partial charge in [-0.2, -0.15) is 0 Å². The van der Waals surface area contributed by atoms with Gasteiger partial charge in [0.05, 0.1) is 18.0 Å². The number of nitrogens with one attached hydrogen (secondary N) is 2. The number of benzene rings is 2. The van der Waals surface area contributed by atoms with E-state index in [9.17, 15) is 9.59 Å². The van der Waals surface area contributed by atoms with Crippen LogP contribution in [0.25, 0.3) is 0 Å². The second-order valence-corrected chi connectivity index (χ2v) is 7.13. The van der Waals surface area contributed by atoms with Crippen LogP contribution >= 0.6 is 11.8 Å². The number of methoxy groups -OCH3 is 1. The second kappa shape index (κ2) is 7.61. The highest BCUT2D eigenvalue weighted by atomic mass is 32.2. The molecule has 2 N–H and O–H groups in total. The summed E-state index contributed by atoms with van der Waals surface area (Å²) in [5.41, 5.74) is 2.81. The fourth-order valence-electron chi connectivity index (χ4n) is 2.66. The largest absolute Gasteiger partial charge is 0.496 e. The molecule has 130 valence electrons. The number of thioether (sulfide) groups is 1. The van der Waals surface area contributed by atoms with E-state index in [0.717, 1.165) is 27.5 Å². The van der Waals surface area contributed by atoms with Crippen molar-refractivity contribution in [3.63, 3.8) is 0 Å². The van der Waals surface area contributed by atoms with E-state index in [1.54, 1.807) is 7.11 Å². The maximum atomic E-state index is 12.3. The first-order chi connectivity index (χ1) is 12.1. The first-order valence-electron chi connectivity index (χ1n) is 8.03. The zero-order valence-corrected chi connectivity index (χ0v) is 15.0. The maximum absolute atomic E-state index is 12.3. The third-order valence-electron chi connectivity index (χ3n) is 4.00. The first kappa shape index (κ1) is 17.4. The SMILES string of the molecule is COc1cc(C)ccc1CNC(=O)CC1Sc2ccccc2NC1=O. The number of hydrogen-bond donors (Lipinski definition) is 2. The zero-order valence-electron chi connectivity index (χ0n) is 14.2. The number of aryl methyl sites for hydroxylation is 1. The Kier molecular flexibility index (Phi) is 5.28. The summed E-state index contributed by atoms with van der Waals surface area (Å²) < 4.78 is 5.35. The molecule has 1 atom stereocenters. The number of rotatable bonds is 5. The highest BCUT2D eigenvalue weighted by Crippen LogP contribution is 2.36. The Morgan fingerprint density at radius 3 is 2.88 bits per heavy atom. The molecular weight excluding hydrogens is 336 g/mol. The molecule has 6 heteroatoms. The Bertz CT molecular complexity index is 807. The number of ether oxygens (including phenoxy) is 1. The monoisotopic (exact) mass is 356 g/mol. The van der Waals surface area contributed by atoms with Crippen molar-refractivity contribution in [2.45, 2.75) is 30.0 Å². The molecule has 2 aromatic rings. The minimum Gasteiger partial charge on any atom is -0.496 e. The van der Waals surface area contributed by atoms with E-state index in [0.29, 0.717) is 6.54 Å². The molecule has 1 unspecified atom stereocenters. The van der Waals surface area contributed by atoms with Crippen molar-refractivity contribution in [1.82, 2.24) is 5.32 Å². The molecule has 2 amide bonds. The number of anilines is 1. The highest BCUT2D eigenvalue weighted by molar-refractivity contribution is 8.01. The van der Waals surface area contributed by atoms with Crippen LogP contribution in [0.3, 0.4) is 0 Å². The number of para-hydroxylation sites is 1. The molecule has 2 aromatic carbocycles. The minimum absolute atomic E-state index is 0.133. The average molecular weight is 356 g/mol. The third kappa shape index (κ3) is 4.14. The lowest BCUT2D eigenvalue weighted by atomic mass is 10.1. The molecule has 3 rings (SSSR count). The Balaban J connectivity index is 1.59. The predicted octanol–water partition coefficient (Wildman–Crippen LogP) is 3.12. The number of carbonyl (C=O) groups excluding carboxylic acids is 2. The van der Waals surface area contributed by atoms with Crippen LogP contribution in [0.2, 0.25) is 0 Å². The summed E-state index contributed by atoms with van der Waals surface area (Å²) >= 11 is 1.43. The topological polar surface area (TPSA) is 67.4 Å². The van der Waals surface area contributed by atoms with Crippen LogP contribution in [0.15, 0.2) is 47.4 Å². The Morgan fingerprint density at radius 1 is 1.28 bits per heavy atom. The lowest BCUT2D eigenvalue weighted by Crippen LogP contribution is -2.34. The van der Waals surface area contributed by atoms with E-state index in [2.05, 4.69) is 10.6 Å². The van der Waals surface area contributed by atoms with E-state index in [4.69, 9.17) is 4.74 Å². The first-order valence-corrected chi connectivity index (χ1v) is 8.91. The van der Waals surface area contributed by atoms with Gasteiger partial charge in [-0.1, -0.05) is 24.3 Å². The number of hydrogen-bond acceptors (Lipinski definition) is 4. The van der Waals surface area contributed by atoms with Crippen molar-refractivity contribution in [3.8, 4) is 5.75 Å². The van der Waals surface area contributed by atoms with Crippen LogP contribution in [-0.4, -0.2) is 24.2 Å². The summed E-state index contributed by atoms with van der Waals surface area (Å²) in [6.07, 6.45) is 0.138. The highest BCUT2D eigenvalue weighted by Gasteiger charge is 2.28. The summed E-state index contributed by atoms with van der Waals surface area (Å²) in [7, 11) is 1.61. The molecular formula is C19H20N2O3S. The summed E-state index contributed by atoms with van der Waals surface area (Å²) in [5.74, 6) is 0.459. The molecule has 1 heterocycles. The summed E-state index contributed by atoms with van der Waals surface area (Å²) in [6.45, 7) is 2.36. The van der Waals surface area contributed by atoms with E-state index >= 15 is 0 Å². The van der Waals surface area contributed by atoms with E-state index < -0.39 is 5.25 Å². The van der Waals surface area contributed by atoms with Gasteiger partial charge in [0.1, 0.15) is 5.75 Å². The summed E-state index contributed by atoms with van der Waals surface area (Å²) in [4.78, 5) is 25.4. The third-order valence-corrected chi connectivity index (χ3v) is 5.27. The van der Waals surface area contributed by atoms with E-state index in [-0.39, 0.29) is 18.2 Å². The van der Waals surface area contributed by atoms with Gasteiger partial charge in [0.2, 0.25) is 11.8 Å². The van der Waals surface area contributed by atoms with Crippen LogP contribution < -0.4 is 15.4 Å².